The van der Waals surface area contributed by atoms with Gasteiger partial charge in [0.1, 0.15) is 12.5 Å². The standard InChI is InChI=1S/C10H10N2O/c1-2-9-10(13-6-12-9)8-5-11-4-3-7(1)8/h1,3-5,9,12H,2,6H2. The van der Waals surface area contributed by atoms with E-state index in [2.05, 4.69) is 16.4 Å². The molecule has 0 radical (unpaired) electrons. The number of aromatic nitrogens is 1. The summed E-state index contributed by atoms with van der Waals surface area (Å²) in [6.07, 6.45) is 6.94. The fourth-order valence-electron chi connectivity index (χ4n) is 1.90. The summed E-state index contributed by atoms with van der Waals surface area (Å²) >= 11 is 0. The molecule has 13 heavy (non-hydrogen) atoms. The number of hydrogen-bond donors (Lipinski definition) is 1. The molecule has 1 aromatic rings. The fraction of sp³-hybridized carbons (Fsp3) is 0.300. The van der Waals surface area contributed by atoms with Crippen LogP contribution in [0.3, 0.4) is 0 Å². The minimum Gasteiger partial charge on any atom is -0.480 e. The van der Waals surface area contributed by atoms with E-state index in [-0.39, 0.29) is 0 Å². The lowest BCUT2D eigenvalue weighted by Crippen LogP contribution is -2.36. The third kappa shape index (κ3) is 0.971. The van der Waals surface area contributed by atoms with Crippen LogP contribution in [-0.2, 0) is 4.74 Å². The first kappa shape index (κ1) is 7.09. The molecule has 66 valence electrons. The summed E-state index contributed by atoms with van der Waals surface area (Å²) < 4.78 is 5.53. The smallest absolute Gasteiger partial charge is 0.139 e. The van der Waals surface area contributed by atoms with Crippen LogP contribution in [0, 0.1) is 0 Å². The number of hydrogen-bond acceptors (Lipinski definition) is 3. The Labute approximate surface area is 75.7 Å². The summed E-state index contributed by atoms with van der Waals surface area (Å²) in [5.41, 5.74) is 0. The van der Waals surface area contributed by atoms with Crippen LogP contribution in [0.1, 0.15) is 6.42 Å². The van der Waals surface area contributed by atoms with E-state index in [1.54, 1.807) is 0 Å². The van der Waals surface area contributed by atoms with Gasteiger partial charge in [0.05, 0.1) is 6.04 Å². The van der Waals surface area contributed by atoms with Gasteiger partial charge in [-0.2, -0.15) is 0 Å². The van der Waals surface area contributed by atoms with E-state index >= 15 is 0 Å². The van der Waals surface area contributed by atoms with Gasteiger partial charge < -0.3 is 4.74 Å². The molecule has 1 unspecified atom stereocenters. The van der Waals surface area contributed by atoms with Gasteiger partial charge in [-0.05, 0) is 17.7 Å². The lowest BCUT2D eigenvalue weighted by Gasteiger charge is -2.11. The zero-order valence-electron chi connectivity index (χ0n) is 7.16. The minimum atomic E-state index is 0.372. The van der Waals surface area contributed by atoms with Gasteiger partial charge in [-0.25, -0.2) is 0 Å². The number of rotatable bonds is 0. The van der Waals surface area contributed by atoms with Gasteiger partial charge in [0.2, 0.25) is 0 Å². The second-order valence-electron chi connectivity index (χ2n) is 3.31. The average molecular weight is 174 g/mol. The maximum Gasteiger partial charge on any atom is 0.139 e. The highest BCUT2D eigenvalue weighted by Crippen LogP contribution is 2.15. The van der Waals surface area contributed by atoms with Gasteiger partial charge >= 0.3 is 0 Å². The van der Waals surface area contributed by atoms with Crippen molar-refractivity contribution in [2.24, 2.45) is 0 Å². The Morgan fingerprint density at radius 3 is 3.54 bits per heavy atom. The second kappa shape index (κ2) is 2.57. The molecule has 3 rings (SSSR count). The van der Waals surface area contributed by atoms with E-state index in [1.165, 1.54) is 5.22 Å². The van der Waals surface area contributed by atoms with Crippen LogP contribution in [0.4, 0.5) is 0 Å². The van der Waals surface area contributed by atoms with Gasteiger partial charge in [0.25, 0.3) is 0 Å². The van der Waals surface area contributed by atoms with E-state index in [0.29, 0.717) is 12.8 Å². The van der Waals surface area contributed by atoms with Gasteiger partial charge in [0, 0.05) is 17.6 Å². The van der Waals surface area contributed by atoms with Crippen molar-refractivity contribution < 1.29 is 4.74 Å². The van der Waals surface area contributed by atoms with Crippen molar-refractivity contribution in [3.8, 4) is 0 Å². The predicted molar refractivity (Wildman–Crippen MR) is 48.9 cm³/mol. The molecule has 1 aliphatic heterocycles. The van der Waals surface area contributed by atoms with E-state index in [0.717, 1.165) is 17.4 Å². The maximum atomic E-state index is 5.53. The largest absolute Gasteiger partial charge is 0.480 e. The molecule has 0 saturated carbocycles. The molecule has 0 amide bonds. The molecule has 0 spiro atoms. The Balaban J connectivity index is 2.38. The normalized spacial score (nSPS) is 24.3. The Morgan fingerprint density at radius 1 is 1.54 bits per heavy atom. The molecule has 1 saturated heterocycles. The van der Waals surface area contributed by atoms with Crippen LogP contribution in [0.15, 0.2) is 18.5 Å². The minimum absolute atomic E-state index is 0.372. The van der Waals surface area contributed by atoms with E-state index < -0.39 is 0 Å². The summed E-state index contributed by atoms with van der Waals surface area (Å²) in [4.78, 5) is 4.11. The first-order valence-corrected chi connectivity index (χ1v) is 4.46. The summed E-state index contributed by atoms with van der Waals surface area (Å²) in [5, 5.41) is 5.66. The third-order valence-electron chi connectivity index (χ3n) is 2.57. The van der Waals surface area contributed by atoms with E-state index in [1.807, 2.05) is 18.5 Å². The summed E-state index contributed by atoms with van der Waals surface area (Å²) in [5.74, 6) is 1.06. The Hall–Kier alpha value is -1.35. The molecule has 1 fully saturated rings. The van der Waals surface area contributed by atoms with E-state index in [9.17, 15) is 0 Å². The van der Waals surface area contributed by atoms with Gasteiger partial charge in [-0.1, -0.05) is 6.08 Å². The number of ether oxygens (including phenoxy) is 1. The summed E-state index contributed by atoms with van der Waals surface area (Å²) in [7, 11) is 0. The molecule has 3 nitrogen and oxygen atoms in total. The molecule has 3 heteroatoms. The number of pyridine rings is 1. The van der Waals surface area contributed by atoms with Gasteiger partial charge in [-0.15, -0.1) is 0 Å². The van der Waals surface area contributed by atoms with Crippen LogP contribution in [0.5, 0.6) is 0 Å². The predicted octanol–water partition coefficient (Wildman–Crippen LogP) is -0.680. The molecular weight excluding hydrogens is 164 g/mol. The second-order valence-corrected chi connectivity index (χ2v) is 3.31. The van der Waals surface area contributed by atoms with Crippen molar-refractivity contribution in [2.75, 3.05) is 6.73 Å². The number of nitrogens with zero attached hydrogens (tertiary/aromatic N) is 1. The summed E-state index contributed by atoms with van der Waals surface area (Å²) in [6.45, 7) is 0.627. The fourth-order valence-corrected chi connectivity index (χ4v) is 1.90. The molecule has 1 aliphatic carbocycles. The number of nitrogens with one attached hydrogen (secondary N) is 1. The summed E-state index contributed by atoms with van der Waals surface area (Å²) in [6, 6.07) is 2.40. The quantitative estimate of drug-likeness (QED) is 0.566. The van der Waals surface area contributed by atoms with Crippen LogP contribution >= 0.6 is 0 Å². The Morgan fingerprint density at radius 2 is 2.54 bits per heavy atom. The monoisotopic (exact) mass is 174 g/mol. The molecule has 0 bridgehead atoms. The molecule has 2 aliphatic rings. The van der Waals surface area contributed by atoms with Crippen LogP contribution in [-0.4, -0.2) is 17.8 Å². The molecule has 1 aromatic heterocycles. The molecule has 2 heterocycles. The van der Waals surface area contributed by atoms with Crippen LogP contribution < -0.4 is 15.8 Å². The van der Waals surface area contributed by atoms with Gasteiger partial charge in [-0.3, -0.25) is 10.3 Å². The van der Waals surface area contributed by atoms with Crippen molar-refractivity contribution >= 4 is 11.8 Å². The maximum absolute atomic E-state index is 5.53. The first-order chi connectivity index (χ1) is 6.45. The third-order valence-corrected chi connectivity index (χ3v) is 2.57. The van der Waals surface area contributed by atoms with Crippen molar-refractivity contribution in [1.82, 2.24) is 10.3 Å². The molecule has 1 atom stereocenters. The van der Waals surface area contributed by atoms with Crippen molar-refractivity contribution in [2.45, 2.75) is 12.5 Å². The SMILES string of the molecule is C1=c2ccncc2=C2OCNC2C1. The molecule has 0 aromatic carbocycles. The zero-order chi connectivity index (χ0) is 8.67. The van der Waals surface area contributed by atoms with Crippen LogP contribution in [0.25, 0.3) is 11.8 Å². The van der Waals surface area contributed by atoms with E-state index in [4.69, 9.17) is 4.74 Å². The Kier molecular flexibility index (Phi) is 1.40. The highest BCUT2D eigenvalue weighted by Gasteiger charge is 2.23. The number of fused-ring (bicyclic) bond motifs is 2. The van der Waals surface area contributed by atoms with Crippen LogP contribution in [0.2, 0.25) is 0 Å². The highest BCUT2D eigenvalue weighted by molar-refractivity contribution is 5.52. The molecular formula is C10H10N2O. The zero-order valence-corrected chi connectivity index (χ0v) is 7.16. The topological polar surface area (TPSA) is 34.1 Å². The van der Waals surface area contributed by atoms with Crippen molar-refractivity contribution in [3.63, 3.8) is 0 Å². The lowest BCUT2D eigenvalue weighted by molar-refractivity contribution is 0.300. The van der Waals surface area contributed by atoms with Crippen molar-refractivity contribution in [3.05, 3.63) is 28.9 Å². The first-order valence-electron chi connectivity index (χ1n) is 4.46. The van der Waals surface area contributed by atoms with Crippen molar-refractivity contribution in [1.29, 1.82) is 0 Å². The lowest BCUT2D eigenvalue weighted by atomic mass is 10.0. The van der Waals surface area contributed by atoms with Gasteiger partial charge in [0.15, 0.2) is 0 Å². The Bertz CT molecular complexity index is 452. The highest BCUT2D eigenvalue weighted by atomic mass is 16.5. The average Bonchev–Trinajstić information content (AvgIpc) is 2.65. The molecule has 1 N–H and O–H groups in total.